The molecule has 1 aliphatic heterocycles. The van der Waals surface area contributed by atoms with E-state index in [1.165, 1.54) is 16.5 Å². The maximum absolute atomic E-state index is 13.7. The minimum Gasteiger partial charge on any atom is -0.350 e. The molecule has 1 aromatic carbocycles. The number of thiophene rings is 1. The van der Waals surface area contributed by atoms with Crippen molar-refractivity contribution in [3.05, 3.63) is 57.7 Å². The molecule has 0 unspecified atom stereocenters. The van der Waals surface area contributed by atoms with E-state index in [4.69, 9.17) is 0 Å². The second-order valence-electron chi connectivity index (χ2n) is 5.23. The van der Waals surface area contributed by atoms with Crippen LogP contribution >= 0.6 is 11.3 Å². The predicted octanol–water partition coefficient (Wildman–Crippen LogP) is 3.57. The van der Waals surface area contributed by atoms with Crippen LogP contribution in [0.2, 0.25) is 0 Å². The van der Waals surface area contributed by atoms with Gasteiger partial charge in [0.25, 0.3) is 5.91 Å². The summed E-state index contributed by atoms with van der Waals surface area (Å²) in [5.74, 6) is -0.369. The van der Waals surface area contributed by atoms with Gasteiger partial charge in [-0.3, -0.25) is 4.79 Å². The molecule has 106 valence electrons. The molecule has 0 atom stereocenters. The normalized spacial score (nSPS) is 14.4. The van der Waals surface area contributed by atoms with Crippen molar-refractivity contribution in [2.75, 3.05) is 6.54 Å². The summed E-state index contributed by atoms with van der Waals surface area (Å²) < 4.78 is 13.7. The van der Waals surface area contributed by atoms with Crippen LogP contribution in [0.1, 0.15) is 20.9 Å². The zero-order valence-electron chi connectivity index (χ0n) is 11.2. The zero-order valence-corrected chi connectivity index (χ0v) is 12.0. The molecule has 1 N–H and O–H groups in total. The summed E-state index contributed by atoms with van der Waals surface area (Å²) in [6.07, 6.45) is 0.888. The van der Waals surface area contributed by atoms with E-state index >= 15 is 0 Å². The van der Waals surface area contributed by atoms with E-state index in [-0.39, 0.29) is 11.7 Å². The van der Waals surface area contributed by atoms with E-state index < -0.39 is 0 Å². The van der Waals surface area contributed by atoms with Crippen molar-refractivity contribution < 1.29 is 9.18 Å². The number of nitrogens with zero attached hydrogens (tertiary/aromatic N) is 1. The van der Waals surface area contributed by atoms with Crippen LogP contribution in [-0.4, -0.2) is 22.3 Å². The van der Waals surface area contributed by atoms with E-state index in [0.29, 0.717) is 29.7 Å². The number of aromatic amines is 1. The summed E-state index contributed by atoms with van der Waals surface area (Å²) in [6.45, 7) is 1.35. The number of amides is 1. The molecule has 4 rings (SSSR count). The van der Waals surface area contributed by atoms with E-state index in [0.717, 1.165) is 6.42 Å². The molecule has 3 heterocycles. The molecule has 3 nitrogen and oxygen atoms in total. The van der Waals surface area contributed by atoms with Gasteiger partial charge in [-0.05, 0) is 41.6 Å². The molecule has 0 aliphatic carbocycles. The van der Waals surface area contributed by atoms with Gasteiger partial charge < -0.3 is 9.88 Å². The fourth-order valence-corrected chi connectivity index (χ4v) is 3.76. The molecule has 0 saturated carbocycles. The average Bonchev–Trinajstić information content (AvgIpc) is 3.12. The van der Waals surface area contributed by atoms with Crippen molar-refractivity contribution in [2.45, 2.75) is 13.0 Å². The highest BCUT2D eigenvalue weighted by molar-refractivity contribution is 7.10. The molecule has 0 radical (unpaired) electrons. The molecule has 0 spiro atoms. The van der Waals surface area contributed by atoms with Crippen LogP contribution in [0.3, 0.4) is 0 Å². The monoisotopic (exact) mass is 300 g/mol. The summed E-state index contributed by atoms with van der Waals surface area (Å²) in [4.78, 5) is 18.7. The summed E-state index contributed by atoms with van der Waals surface area (Å²) in [5.41, 5.74) is 2.45. The molecule has 0 fully saturated rings. The molecule has 3 aromatic rings. The lowest BCUT2D eigenvalue weighted by Gasteiger charge is -2.26. The first kappa shape index (κ1) is 12.6. The zero-order chi connectivity index (χ0) is 14.4. The maximum Gasteiger partial charge on any atom is 0.270 e. The third-order valence-corrected chi connectivity index (χ3v) is 4.90. The maximum atomic E-state index is 13.7. The Kier molecular flexibility index (Phi) is 2.82. The van der Waals surface area contributed by atoms with E-state index in [1.54, 1.807) is 29.5 Å². The third kappa shape index (κ3) is 2.05. The van der Waals surface area contributed by atoms with Gasteiger partial charge in [0.05, 0.1) is 6.54 Å². The number of fused-ring (bicyclic) bond motifs is 2. The van der Waals surface area contributed by atoms with Crippen LogP contribution in [-0.2, 0) is 13.0 Å². The van der Waals surface area contributed by atoms with Crippen molar-refractivity contribution in [1.29, 1.82) is 0 Å². The number of halogens is 1. The van der Waals surface area contributed by atoms with E-state index in [9.17, 15) is 9.18 Å². The molecule has 21 heavy (non-hydrogen) atoms. The Morgan fingerprint density at radius 3 is 3.10 bits per heavy atom. The number of nitrogens with one attached hydrogen (secondary N) is 1. The Labute approximate surface area is 125 Å². The lowest BCUT2D eigenvalue weighted by atomic mass is 10.1. The lowest BCUT2D eigenvalue weighted by Crippen LogP contribution is -2.35. The lowest BCUT2D eigenvalue weighted by molar-refractivity contribution is 0.0732. The van der Waals surface area contributed by atoms with Gasteiger partial charge >= 0.3 is 0 Å². The molecule has 1 aliphatic rings. The van der Waals surface area contributed by atoms with Crippen LogP contribution in [0, 0.1) is 5.82 Å². The second-order valence-corrected chi connectivity index (χ2v) is 6.23. The number of hydrogen-bond donors (Lipinski definition) is 1. The fraction of sp³-hybridized carbons (Fsp3) is 0.188. The molecular formula is C16H13FN2OS. The predicted molar refractivity (Wildman–Crippen MR) is 81.0 cm³/mol. The highest BCUT2D eigenvalue weighted by Gasteiger charge is 2.23. The quantitative estimate of drug-likeness (QED) is 0.733. The van der Waals surface area contributed by atoms with Gasteiger partial charge in [0.2, 0.25) is 0 Å². The minimum absolute atomic E-state index is 0.0651. The number of carbonyl (C=O) groups excluding carboxylic acids is 1. The van der Waals surface area contributed by atoms with Crippen molar-refractivity contribution in [3.63, 3.8) is 0 Å². The molecule has 5 heteroatoms. The third-order valence-electron chi connectivity index (χ3n) is 3.95. The van der Waals surface area contributed by atoms with Gasteiger partial charge in [-0.1, -0.05) is 6.07 Å². The second kappa shape index (κ2) is 4.70. The van der Waals surface area contributed by atoms with Gasteiger partial charge in [0.1, 0.15) is 11.5 Å². The number of rotatable bonds is 1. The largest absolute Gasteiger partial charge is 0.350 e. The Bertz CT molecular complexity index is 836. The Morgan fingerprint density at radius 1 is 1.33 bits per heavy atom. The molecule has 0 bridgehead atoms. The number of carbonyl (C=O) groups is 1. The van der Waals surface area contributed by atoms with Crippen LogP contribution in [0.4, 0.5) is 4.39 Å². The number of H-pyrrole nitrogens is 1. The highest BCUT2D eigenvalue weighted by atomic mass is 32.1. The van der Waals surface area contributed by atoms with Crippen LogP contribution < -0.4 is 0 Å². The summed E-state index contributed by atoms with van der Waals surface area (Å²) >= 11 is 1.69. The van der Waals surface area contributed by atoms with Gasteiger partial charge in [0.15, 0.2) is 0 Å². The molecule has 0 saturated heterocycles. The van der Waals surface area contributed by atoms with Crippen molar-refractivity contribution in [3.8, 4) is 0 Å². The smallest absolute Gasteiger partial charge is 0.270 e. The number of hydrogen-bond acceptors (Lipinski definition) is 2. The van der Waals surface area contributed by atoms with Gasteiger partial charge in [0, 0.05) is 22.3 Å². The molecule has 1 amide bonds. The first-order chi connectivity index (χ1) is 10.2. The van der Waals surface area contributed by atoms with Crippen molar-refractivity contribution in [2.24, 2.45) is 0 Å². The molecule has 2 aromatic heterocycles. The van der Waals surface area contributed by atoms with E-state index in [1.807, 2.05) is 4.90 Å². The van der Waals surface area contributed by atoms with Gasteiger partial charge in [-0.2, -0.15) is 0 Å². The minimum atomic E-state index is -0.304. The summed E-state index contributed by atoms with van der Waals surface area (Å²) in [5, 5.41) is 2.53. The van der Waals surface area contributed by atoms with Crippen molar-refractivity contribution in [1.82, 2.24) is 9.88 Å². The van der Waals surface area contributed by atoms with Crippen LogP contribution in [0.15, 0.2) is 35.7 Å². The fourth-order valence-electron chi connectivity index (χ4n) is 2.81. The Hall–Kier alpha value is -2.14. The number of aromatic nitrogens is 1. The van der Waals surface area contributed by atoms with Gasteiger partial charge in [-0.25, -0.2) is 4.39 Å². The number of benzene rings is 1. The summed E-state index contributed by atoms with van der Waals surface area (Å²) in [6, 6.07) is 8.56. The summed E-state index contributed by atoms with van der Waals surface area (Å²) in [7, 11) is 0. The van der Waals surface area contributed by atoms with Gasteiger partial charge in [-0.15, -0.1) is 11.3 Å². The Morgan fingerprint density at radius 2 is 2.24 bits per heavy atom. The molecular weight excluding hydrogens is 287 g/mol. The topological polar surface area (TPSA) is 36.1 Å². The first-order valence-electron chi connectivity index (χ1n) is 6.84. The van der Waals surface area contributed by atoms with Crippen LogP contribution in [0.25, 0.3) is 10.9 Å². The highest BCUT2D eigenvalue weighted by Crippen LogP contribution is 2.26. The van der Waals surface area contributed by atoms with Crippen LogP contribution in [0.5, 0.6) is 0 Å². The Balaban J connectivity index is 1.66. The van der Waals surface area contributed by atoms with Crippen molar-refractivity contribution >= 4 is 28.1 Å². The standard InChI is InChI=1S/C16H13FN2OS/c17-12-2-1-3-13-11(12)8-14(18-13)16(20)19-6-4-10-5-7-21-15(10)9-19/h1-3,5,7-8,18H,4,6,9H2. The average molecular weight is 300 g/mol. The SMILES string of the molecule is O=C(c1cc2c(F)cccc2[nH]1)N1CCc2ccsc2C1. The van der Waals surface area contributed by atoms with E-state index in [2.05, 4.69) is 16.4 Å². The first-order valence-corrected chi connectivity index (χ1v) is 7.72.